The lowest BCUT2D eigenvalue weighted by Gasteiger charge is -2.26. The molecule has 1 aromatic heterocycles. The second-order valence-electron chi connectivity index (χ2n) is 11.5. The van der Waals surface area contributed by atoms with Crippen LogP contribution >= 0.6 is 11.6 Å². The molecule has 0 spiro atoms. The lowest BCUT2D eigenvalue weighted by atomic mass is 9.97. The number of rotatable bonds is 9. The molecule has 2 amide bonds. The van der Waals surface area contributed by atoms with Gasteiger partial charge in [0.15, 0.2) is 0 Å². The first-order chi connectivity index (χ1) is 21.1. The van der Waals surface area contributed by atoms with Crippen molar-refractivity contribution < 1.29 is 27.6 Å². The van der Waals surface area contributed by atoms with Gasteiger partial charge in [0, 0.05) is 66.3 Å². The average molecular weight is 640 g/mol. The van der Waals surface area contributed by atoms with E-state index in [0.717, 1.165) is 49.4 Å². The standard InChI is InChI=1S/C31H34ClN5O6S/c1-44(41,42)35-17-12-27-25(20-35)30(33-36(27)16-5-15-34-13-2-3-14-34)22-8-9-26(32)24(19-22)21-6-4-7-23(18-21)31(40)43-37-28(38)10-11-29(37)39/h4,6-9,18-19H,2-3,5,10-17,20H2,1H3. The number of aryl methyl sites for hydroxylation is 1. The van der Waals surface area contributed by atoms with Crippen molar-refractivity contribution in [3.63, 3.8) is 0 Å². The van der Waals surface area contributed by atoms with Crippen LogP contribution in [0.15, 0.2) is 42.5 Å². The minimum absolute atomic E-state index is 0.00834. The summed E-state index contributed by atoms with van der Waals surface area (Å²) in [4.78, 5) is 44.2. The van der Waals surface area contributed by atoms with Gasteiger partial charge < -0.3 is 9.74 Å². The Hall–Kier alpha value is -3.58. The molecule has 0 radical (unpaired) electrons. The number of imide groups is 1. The van der Waals surface area contributed by atoms with E-state index in [4.69, 9.17) is 21.5 Å². The third kappa shape index (κ3) is 6.30. The molecule has 11 nitrogen and oxygen atoms in total. The molecule has 13 heteroatoms. The van der Waals surface area contributed by atoms with E-state index >= 15 is 0 Å². The highest BCUT2D eigenvalue weighted by molar-refractivity contribution is 7.88. The molecule has 3 aromatic rings. The number of amides is 2. The molecule has 0 bridgehead atoms. The molecule has 2 saturated heterocycles. The molecule has 0 saturated carbocycles. The van der Waals surface area contributed by atoms with Crippen molar-refractivity contribution in [1.82, 2.24) is 24.0 Å². The van der Waals surface area contributed by atoms with Gasteiger partial charge in [-0.3, -0.25) is 14.3 Å². The van der Waals surface area contributed by atoms with Gasteiger partial charge in [-0.05, 0) is 68.7 Å². The number of hydrogen-bond acceptors (Lipinski definition) is 8. The summed E-state index contributed by atoms with van der Waals surface area (Å²) in [6, 6.07) is 12.1. The zero-order valence-corrected chi connectivity index (χ0v) is 26.1. The van der Waals surface area contributed by atoms with E-state index in [2.05, 4.69) is 4.90 Å². The summed E-state index contributed by atoms with van der Waals surface area (Å²) >= 11 is 6.66. The number of fused-ring (bicyclic) bond motifs is 1. The Morgan fingerprint density at radius 3 is 2.43 bits per heavy atom. The van der Waals surface area contributed by atoms with E-state index in [1.165, 1.54) is 29.5 Å². The normalized spacial score (nSPS) is 17.8. The quantitative estimate of drug-likeness (QED) is 0.323. The highest BCUT2D eigenvalue weighted by Crippen LogP contribution is 2.36. The maximum atomic E-state index is 12.8. The van der Waals surface area contributed by atoms with Gasteiger partial charge in [-0.15, -0.1) is 5.06 Å². The SMILES string of the molecule is CS(=O)(=O)N1CCc2c(c(-c3ccc(Cl)c(-c4cccc(C(=O)ON5C(=O)CCC5=O)c4)c3)nn2CCCN2CCCC2)C1. The molecule has 0 atom stereocenters. The van der Waals surface area contributed by atoms with Gasteiger partial charge >= 0.3 is 5.97 Å². The van der Waals surface area contributed by atoms with Gasteiger partial charge in [-0.1, -0.05) is 29.8 Å². The largest absolute Gasteiger partial charge is 0.363 e. The molecule has 4 heterocycles. The van der Waals surface area contributed by atoms with Gasteiger partial charge in [0.25, 0.3) is 11.8 Å². The van der Waals surface area contributed by atoms with Crippen molar-refractivity contribution in [3.05, 3.63) is 64.3 Å². The van der Waals surface area contributed by atoms with E-state index in [1.54, 1.807) is 24.3 Å². The molecule has 0 unspecified atom stereocenters. The van der Waals surface area contributed by atoms with Gasteiger partial charge in [-0.25, -0.2) is 13.2 Å². The van der Waals surface area contributed by atoms with E-state index in [9.17, 15) is 22.8 Å². The van der Waals surface area contributed by atoms with Crippen molar-refractivity contribution >= 4 is 39.4 Å². The van der Waals surface area contributed by atoms with Crippen LogP contribution < -0.4 is 0 Å². The number of carbonyl (C=O) groups excluding carboxylic acids is 3. The molecule has 0 aliphatic carbocycles. The minimum Gasteiger partial charge on any atom is -0.325 e. The summed E-state index contributed by atoms with van der Waals surface area (Å²) in [7, 11) is -3.39. The van der Waals surface area contributed by atoms with E-state index < -0.39 is 27.8 Å². The minimum atomic E-state index is -3.39. The zero-order chi connectivity index (χ0) is 31.0. The van der Waals surface area contributed by atoms with Crippen molar-refractivity contribution in [1.29, 1.82) is 0 Å². The predicted molar refractivity (Wildman–Crippen MR) is 164 cm³/mol. The Morgan fingerprint density at radius 2 is 1.70 bits per heavy atom. The van der Waals surface area contributed by atoms with E-state index in [-0.39, 0.29) is 24.9 Å². The molecule has 232 valence electrons. The number of benzene rings is 2. The van der Waals surface area contributed by atoms with Gasteiger partial charge in [0.1, 0.15) is 0 Å². The first-order valence-corrected chi connectivity index (χ1v) is 17.1. The lowest BCUT2D eigenvalue weighted by Crippen LogP contribution is -2.35. The highest BCUT2D eigenvalue weighted by Gasteiger charge is 2.33. The zero-order valence-electron chi connectivity index (χ0n) is 24.5. The molecule has 3 aliphatic heterocycles. The Labute approximate surface area is 261 Å². The fourth-order valence-corrected chi connectivity index (χ4v) is 7.13. The smallest absolute Gasteiger partial charge is 0.325 e. The predicted octanol–water partition coefficient (Wildman–Crippen LogP) is 3.89. The summed E-state index contributed by atoms with van der Waals surface area (Å²) in [6.07, 6.45) is 5.25. The maximum absolute atomic E-state index is 12.8. The van der Waals surface area contributed by atoms with E-state index in [1.807, 2.05) is 16.8 Å². The summed E-state index contributed by atoms with van der Waals surface area (Å²) in [6.45, 7) is 4.66. The van der Waals surface area contributed by atoms with Crippen LogP contribution in [0.5, 0.6) is 0 Å². The molecular formula is C31H34ClN5O6S. The second-order valence-corrected chi connectivity index (χ2v) is 13.9. The fraction of sp³-hybridized carbons (Fsp3) is 0.419. The lowest BCUT2D eigenvalue weighted by molar-refractivity contribution is -0.172. The molecule has 3 aliphatic rings. The number of hydroxylamine groups is 2. The molecule has 2 aromatic carbocycles. The third-order valence-electron chi connectivity index (χ3n) is 8.44. The van der Waals surface area contributed by atoms with Crippen LogP contribution in [0, 0.1) is 0 Å². The molecule has 44 heavy (non-hydrogen) atoms. The Kier molecular flexibility index (Phi) is 8.60. The Bertz CT molecular complexity index is 1720. The van der Waals surface area contributed by atoms with Crippen molar-refractivity contribution in [2.24, 2.45) is 0 Å². The van der Waals surface area contributed by atoms with Crippen LogP contribution in [0.4, 0.5) is 0 Å². The Balaban J connectivity index is 1.31. The van der Waals surface area contributed by atoms with Crippen LogP contribution in [0.3, 0.4) is 0 Å². The van der Waals surface area contributed by atoms with Crippen LogP contribution in [0.1, 0.15) is 53.7 Å². The summed E-state index contributed by atoms with van der Waals surface area (Å²) in [5.74, 6) is -1.93. The maximum Gasteiger partial charge on any atom is 0.363 e. The fourth-order valence-electron chi connectivity index (χ4n) is 6.12. The van der Waals surface area contributed by atoms with E-state index in [0.29, 0.717) is 39.9 Å². The number of sulfonamides is 1. The highest BCUT2D eigenvalue weighted by atomic mass is 35.5. The second kappa shape index (κ2) is 12.4. The monoisotopic (exact) mass is 639 g/mol. The topological polar surface area (TPSA) is 122 Å². The van der Waals surface area contributed by atoms with Crippen molar-refractivity contribution in [3.8, 4) is 22.4 Å². The molecule has 6 rings (SSSR count). The first kappa shape index (κ1) is 30.4. The number of carbonyl (C=O) groups is 3. The van der Waals surface area contributed by atoms with Gasteiger partial charge in [-0.2, -0.15) is 9.40 Å². The third-order valence-corrected chi connectivity index (χ3v) is 10.0. The van der Waals surface area contributed by atoms with Crippen LogP contribution in [-0.2, 0) is 44.0 Å². The van der Waals surface area contributed by atoms with Gasteiger partial charge in [0.05, 0.1) is 17.5 Å². The number of hydrogen-bond donors (Lipinski definition) is 0. The summed E-state index contributed by atoms with van der Waals surface area (Å²) in [5, 5.41) is 5.98. The average Bonchev–Trinajstić information content (AvgIpc) is 3.73. The van der Waals surface area contributed by atoms with Gasteiger partial charge in [0.2, 0.25) is 10.0 Å². The summed E-state index contributed by atoms with van der Waals surface area (Å²) < 4.78 is 28.5. The van der Waals surface area contributed by atoms with Crippen molar-refractivity contribution in [2.75, 3.05) is 32.4 Å². The van der Waals surface area contributed by atoms with Crippen LogP contribution in [-0.4, -0.2) is 82.7 Å². The molecular weight excluding hydrogens is 606 g/mol. The first-order valence-electron chi connectivity index (χ1n) is 14.8. The molecule has 0 N–H and O–H groups in total. The molecule has 2 fully saturated rings. The number of likely N-dealkylation sites (tertiary alicyclic amines) is 1. The number of halogens is 1. The van der Waals surface area contributed by atoms with Crippen LogP contribution in [0.25, 0.3) is 22.4 Å². The number of nitrogens with zero attached hydrogens (tertiary/aromatic N) is 5. The summed E-state index contributed by atoms with van der Waals surface area (Å²) in [5.41, 5.74) is 4.83. The Morgan fingerprint density at radius 1 is 0.955 bits per heavy atom. The van der Waals surface area contributed by atoms with Crippen LogP contribution in [0.2, 0.25) is 5.02 Å². The number of aromatic nitrogens is 2. The van der Waals surface area contributed by atoms with Crippen molar-refractivity contribution in [2.45, 2.75) is 51.6 Å².